The molecule has 0 spiro atoms. The molecular formula is C24H44O4. The van der Waals surface area contributed by atoms with Gasteiger partial charge in [-0.1, -0.05) is 76.4 Å². The van der Waals surface area contributed by atoms with Crippen LogP contribution in [0.3, 0.4) is 0 Å². The van der Waals surface area contributed by atoms with E-state index in [9.17, 15) is 9.59 Å². The van der Waals surface area contributed by atoms with Gasteiger partial charge in [0.15, 0.2) is 0 Å². The zero-order valence-electron chi connectivity index (χ0n) is 18.5. The second-order valence-electron chi connectivity index (χ2n) is 7.40. The highest BCUT2D eigenvalue weighted by Gasteiger charge is 2.00. The minimum absolute atomic E-state index is 0.0486. The lowest BCUT2D eigenvalue weighted by Gasteiger charge is -2.03. The predicted octanol–water partition coefficient (Wildman–Crippen LogP) is 6.91. The number of carbonyl (C=O) groups is 2. The quantitative estimate of drug-likeness (QED) is 0.127. The van der Waals surface area contributed by atoms with E-state index in [1.165, 1.54) is 64.2 Å². The lowest BCUT2D eigenvalue weighted by Crippen LogP contribution is -2.03. The normalized spacial score (nSPS) is 11.1. The van der Waals surface area contributed by atoms with E-state index in [-0.39, 0.29) is 11.9 Å². The van der Waals surface area contributed by atoms with Crippen molar-refractivity contribution in [3.63, 3.8) is 0 Å². The molecule has 0 heterocycles. The van der Waals surface area contributed by atoms with Crippen LogP contribution in [0.1, 0.15) is 117 Å². The summed E-state index contributed by atoms with van der Waals surface area (Å²) in [5.41, 5.74) is 0. The number of allylic oxidation sites excluding steroid dienone is 2. The van der Waals surface area contributed by atoms with Crippen LogP contribution in [0.25, 0.3) is 0 Å². The number of unbranched alkanes of at least 4 members (excludes halogenated alkanes) is 12. The summed E-state index contributed by atoms with van der Waals surface area (Å²) in [6.45, 7) is 4.66. The van der Waals surface area contributed by atoms with Crippen molar-refractivity contribution in [1.29, 1.82) is 0 Å². The molecule has 4 heteroatoms. The summed E-state index contributed by atoms with van der Waals surface area (Å²) in [5, 5.41) is 0. The third kappa shape index (κ3) is 21.0. The zero-order valence-corrected chi connectivity index (χ0v) is 18.5. The average Bonchev–Trinajstić information content (AvgIpc) is 2.67. The summed E-state index contributed by atoms with van der Waals surface area (Å²) < 4.78 is 9.83. The first-order chi connectivity index (χ1) is 13.7. The van der Waals surface area contributed by atoms with Crippen LogP contribution in [0.2, 0.25) is 0 Å². The fourth-order valence-electron chi connectivity index (χ4n) is 3.20. The first kappa shape index (κ1) is 26.7. The van der Waals surface area contributed by atoms with Crippen LogP contribution in [0, 0.1) is 0 Å². The molecule has 0 aliphatic carbocycles. The van der Waals surface area contributed by atoms with Crippen molar-refractivity contribution < 1.29 is 19.1 Å². The highest BCUT2D eigenvalue weighted by atomic mass is 16.5. The molecule has 0 atom stereocenters. The van der Waals surface area contributed by atoms with Gasteiger partial charge in [-0.2, -0.15) is 0 Å². The monoisotopic (exact) mass is 396 g/mol. The zero-order chi connectivity index (χ0) is 20.7. The Morgan fingerprint density at radius 2 is 0.929 bits per heavy atom. The molecule has 0 radical (unpaired) electrons. The molecule has 0 aliphatic rings. The Morgan fingerprint density at radius 3 is 1.43 bits per heavy atom. The van der Waals surface area contributed by atoms with Crippen molar-refractivity contribution in [2.45, 2.75) is 117 Å². The Bertz CT molecular complexity index is 390. The number of esters is 2. The largest absolute Gasteiger partial charge is 0.466 e. The minimum Gasteiger partial charge on any atom is -0.466 e. The SMILES string of the molecule is CCOC(=O)CC/C=C/CCCCCCCCCCCCCCC(=O)OCC. The minimum atomic E-state index is -0.0962. The molecule has 0 bridgehead atoms. The predicted molar refractivity (Wildman–Crippen MR) is 116 cm³/mol. The van der Waals surface area contributed by atoms with Crippen molar-refractivity contribution in [1.82, 2.24) is 0 Å². The third-order valence-corrected chi connectivity index (χ3v) is 4.79. The van der Waals surface area contributed by atoms with Crippen molar-refractivity contribution in [3.05, 3.63) is 12.2 Å². The lowest BCUT2D eigenvalue weighted by molar-refractivity contribution is -0.144. The van der Waals surface area contributed by atoms with Crippen molar-refractivity contribution >= 4 is 11.9 Å². The molecule has 0 N–H and O–H groups in total. The van der Waals surface area contributed by atoms with Gasteiger partial charge in [0, 0.05) is 12.8 Å². The molecule has 0 amide bonds. The van der Waals surface area contributed by atoms with E-state index in [1.54, 1.807) is 0 Å². The molecule has 0 unspecified atom stereocenters. The Morgan fingerprint density at radius 1 is 0.536 bits per heavy atom. The van der Waals surface area contributed by atoms with Gasteiger partial charge in [-0.15, -0.1) is 0 Å². The summed E-state index contributed by atoms with van der Waals surface area (Å²) in [6, 6.07) is 0. The van der Waals surface area contributed by atoms with Gasteiger partial charge < -0.3 is 9.47 Å². The van der Waals surface area contributed by atoms with E-state index in [2.05, 4.69) is 12.2 Å². The first-order valence-corrected chi connectivity index (χ1v) is 11.7. The Labute approximate surface area is 173 Å². The average molecular weight is 397 g/mol. The molecule has 0 aliphatic heterocycles. The van der Waals surface area contributed by atoms with Gasteiger partial charge in [0.1, 0.15) is 0 Å². The smallest absolute Gasteiger partial charge is 0.306 e. The fourth-order valence-corrected chi connectivity index (χ4v) is 3.20. The molecule has 164 valence electrons. The molecule has 0 aromatic heterocycles. The number of ether oxygens (including phenoxy) is 2. The number of carbonyl (C=O) groups excluding carboxylic acids is 2. The van der Waals surface area contributed by atoms with Gasteiger partial charge in [-0.3, -0.25) is 9.59 Å². The maximum Gasteiger partial charge on any atom is 0.306 e. The van der Waals surface area contributed by atoms with Crippen LogP contribution in [-0.2, 0) is 19.1 Å². The van der Waals surface area contributed by atoms with Gasteiger partial charge in [0.25, 0.3) is 0 Å². The highest BCUT2D eigenvalue weighted by Crippen LogP contribution is 2.13. The van der Waals surface area contributed by atoms with Crippen LogP contribution in [-0.4, -0.2) is 25.2 Å². The van der Waals surface area contributed by atoms with Gasteiger partial charge in [-0.25, -0.2) is 0 Å². The third-order valence-electron chi connectivity index (χ3n) is 4.79. The summed E-state index contributed by atoms with van der Waals surface area (Å²) >= 11 is 0. The molecule has 0 fully saturated rings. The van der Waals surface area contributed by atoms with E-state index < -0.39 is 0 Å². The molecule has 0 aromatic rings. The van der Waals surface area contributed by atoms with Crippen LogP contribution in [0.15, 0.2) is 12.2 Å². The van der Waals surface area contributed by atoms with Gasteiger partial charge in [-0.05, 0) is 39.5 Å². The number of hydrogen-bond acceptors (Lipinski definition) is 4. The Kier molecular flexibility index (Phi) is 20.9. The molecule has 0 saturated carbocycles. The molecule has 4 nitrogen and oxygen atoms in total. The summed E-state index contributed by atoms with van der Waals surface area (Å²) in [4.78, 5) is 22.4. The topological polar surface area (TPSA) is 52.6 Å². The fraction of sp³-hybridized carbons (Fsp3) is 0.833. The van der Waals surface area contributed by atoms with Gasteiger partial charge in [0.2, 0.25) is 0 Å². The summed E-state index contributed by atoms with van der Waals surface area (Å²) in [6.07, 6.45) is 22.6. The van der Waals surface area contributed by atoms with E-state index in [0.29, 0.717) is 26.1 Å². The van der Waals surface area contributed by atoms with Gasteiger partial charge >= 0.3 is 11.9 Å². The van der Waals surface area contributed by atoms with Crippen molar-refractivity contribution in [2.24, 2.45) is 0 Å². The van der Waals surface area contributed by atoms with E-state index in [0.717, 1.165) is 25.7 Å². The van der Waals surface area contributed by atoms with E-state index >= 15 is 0 Å². The second kappa shape index (κ2) is 22.0. The highest BCUT2D eigenvalue weighted by molar-refractivity contribution is 5.69. The van der Waals surface area contributed by atoms with Crippen LogP contribution >= 0.6 is 0 Å². The van der Waals surface area contributed by atoms with Crippen LogP contribution in [0.4, 0.5) is 0 Å². The molecule has 0 saturated heterocycles. The van der Waals surface area contributed by atoms with E-state index in [1.807, 2.05) is 13.8 Å². The summed E-state index contributed by atoms with van der Waals surface area (Å²) in [5.74, 6) is -0.145. The molecule has 28 heavy (non-hydrogen) atoms. The molecule has 0 aromatic carbocycles. The Balaban J connectivity index is 3.16. The maximum atomic E-state index is 11.2. The molecular weight excluding hydrogens is 352 g/mol. The van der Waals surface area contributed by atoms with Crippen LogP contribution < -0.4 is 0 Å². The number of rotatable bonds is 20. The lowest BCUT2D eigenvalue weighted by atomic mass is 10.0. The van der Waals surface area contributed by atoms with Crippen LogP contribution in [0.5, 0.6) is 0 Å². The second-order valence-corrected chi connectivity index (χ2v) is 7.40. The van der Waals surface area contributed by atoms with Gasteiger partial charge in [0.05, 0.1) is 13.2 Å². The standard InChI is InChI=1S/C24H44O4/c1-3-27-23(25)21-19-17-15-13-11-9-7-5-6-8-10-12-14-16-18-20-22-24(26)28-4-2/h15,17H,3-14,16,18-22H2,1-2H3/b17-15+. The van der Waals surface area contributed by atoms with Crippen molar-refractivity contribution in [2.75, 3.05) is 13.2 Å². The van der Waals surface area contributed by atoms with E-state index in [4.69, 9.17) is 9.47 Å². The van der Waals surface area contributed by atoms with Crippen molar-refractivity contribution in [3.8, 4) is 0 Å². The summed E-state index contributed by atoms with van der Waals surface area (Å²) in [7, 11) is 0. The number of hydrogen-bond donors (Lipinski definition) is 0. The molecule has 0 rings (SSSR count). The Hall–Kier alpha value is -1.32. The maximum absolute atomic E-state index is 11.2. The first-order valence-electron chi connectivity index (χ1n) is 11.7.